The van der Waals surface area contributed by atoms with Crippen LogP contribution in [-0.4, -0.2) is 74.3 Å². The van der Waals surface area contributed by atoms with E-state index in [1.54, 1.807) is 7.05 Å². The average Bonchev–Trinajstić information content (AvgIpc) is 2.64. The third-order valence-corrected chi connectivity index (χ3v) is 4.59. The molecule has 2 rings (SSSR count). The minimum Gasteiger partial charge on any atom is -0.385 e. The first-order chi connectivity index (χ1) is 12.4. The van der Waals surface area contributed by atoms with Gasteiger partial charge in [-0.3, -0.25) is 9.89 Å². The van der Waals surface area contributed by atoms with Crippen molar-refractivity contribution in [2.45, 2.75) is 25.6 Å². The first kappa shape index (κ1) is 20.4. The van der Waals surface area contributed by atoms with E-state index in [-0.39, 0.29) is 0 Å². The van der Waals surface area contributed by atoms with Crippen LogP contribution in [0.5, 0.6) is 0 Å². The molecule has 1 saturated heterocycles. The highest BCUT2D eigenvalue weighted by Crippen LogP contribution is 2.25. The van der Waals surface area contributed by atoms with Gasteiger partial charge in [0.2, 0.25) is 0 Å². The molecule has 0 amide bonds. The summed E-state index contributed by atoms with van der Waals surface area (Å²) in [6, 6.07) is 8.60. The molecule has 0 aliphatic carbocycles. The maximum Gasteiger partial charge on any atom is 0.403 e. The van der Waals surface area contributed by atoms with E-state index in [4.69, 9.17) is 0 Å². The molecule has 1 aromatic carbocycles. The molecule has 5 nitrogen and oxygen atoms in total. The van der Waals surface area contributed by atoms with E-state index in [1.165, 1.54) is 11.8 Å². The summed E-state index contributed by atoms with van der Waals surface area (Å²) in [6.07, 6.45) is -3.26. The highest BCUT2D eigenvalue weighted by atomic mass is 19.4. The number of para-hydroxylation sites is 1. The van der Waals surface area contributed by atoms with Crippen LogP contribution in [0.2, 0.25) is 0 Å². The molecule has 1 aromatic rings. The van der Waals surface area contributed by atoms with E-state index in [1.807, 2.05) is 35.2 Å². The lowest BCUT2D eigenvalue weighted by molar-refractivity contribution is -0.181. The number of guanidine groups is 1. The van der Waals surface area contributed by atoms with Crippen molar-refractivity contribution in [1.29, 1.82) is 0 Å². The smallest absolute Gasteiger partial charge is 0.385 e. The number of aliphatic imine (C=N–C) groups is 1. The molecule has 0 bridgehead atoms. The van der Waals surface area contributed by atoms with E-state index >= 15 is 0 Å². The number of piperazine rings is 1. The summed E-state index contributed by atoms with van der Waals surface area (Å²) in [7, 11) is 1.70. The molecule has 1 heterocycles. The predicted molar refractivity (Wildman–Crippen MR) is 99.6 cm³/mol. The molecule has 8 heteroatoms. The van der Waals surface area contributed by atoms with Crippen LogP contribution < -0.4 is 10.6 Å². The van der Waals surface area contributed by atoms with Crippen LogP contribution in [-0.2, 0) is 0 Å². The Kier molecular flexibility index (Phi) is 7.56. The molecule has 26 heavy (non-hydrogen) atoms. The maximum absolute atomic E-state index is 12.8. The van der Waals surface area contributed by atoms with E-state index in [9.17, 15) is 13.2 Å². The molecule has 1 aliphatic heterocycles. The van der Waals surface area contributed by atoms with Crippen molar-refractivity contribution in [3.05, 3.63) is 30.3 Å². The van der Waals surface area contributed by atoms with Crippen LogP contribution in [0.3, 0.4) is 0 Å². The Morgan fingerprint density at radius 3 is 2.35 bits per heavy atom. The summed E-state index contributed by atoms with van der Waals surface area (Å²) < 4.78 is 38.5. The molecule has 0 spiro atoms. The number of nitrogens with one attached hydrogen (secondary N) is 2. The monoisotopic (exact) mass is 371 g/mol. The number of hydrogen-bond donors (Lipinski definition) is 2. The van der Waals surface area contributed by atoms with Gasteiger partial charge in [-0.25, -0.2) is 0 Å². The minimum atomic E-state index is -4.17. The number of hydrogen-bond acceptors (Lipinski definition) is 3. The van der Waals surface area contributed by atoms with E-state index in [0.29, 0.717) is 26.2 Å². The molecule has 1 fully saturated rings. The van der Waals surface area contributed by atoms with E-state index in [0.717, 1.165) is 31.2 Å². The predicted octanol–water partition coefficient (Wildman–Crippen LogP) is 2.63. The first-order valence-corrected chi connectivity index (χ1v) is 8.97. The van der Waals surface area contributed by atoms with Gasteiger partial charge in [0.1, 0.15) is 6.04 Å². The quantitative estimate of drug-likeness (QED) is 0.458. The maximum atomic E-state index is 12.8. The molecule has 0 radical (unpaired) electrons. The highest BCUT2D eigenvalue weighted by Gasteiger charge is 2.41. The van der Waals surface area contributed by atoms with Crippen molar-refractivity contribution in [3.63, 3.8) is 0 Å². The van der Waals surface area contributed by atoms with Gasteiger partial charge in [0, 0.05) is 52.0 Å². The van der Waals surface area contributed by atoms with Crippen LogP contribution in [0.15, 0.2) is 35.3 Å². The molecule has 2 N–H and O–H groups in total. The standard InChI is InChI=1S/C18H28F3N5/c1-15(18(19,20)21)25-11-13-26(14-12-25)17(22-2)24-10-6-9-23-16-7-4-3-5-8-16/h3-5,7-8,15,23H,6,9-14H2,1-2H3,(H,22,24). The van der Waals surface area contributed by atoms with E-state index in [2.05, 4.69) is 15.6 Å². The lowest BCUT2D eigenvalue weighted by Gasteiger charge is -2.39. The summed E-state index contributed by atoms with van der Waals surface area (Å²) in [6.45, 7) is 4.68. The van der Waals surface area contributed by atoms with Crippen LogP contribution in [0.25, 0.3) is 0 Å². The van der Waals surface area contributed by atoms with Gasteiger partial charge < -0.3 is 15.5 Å². The Bertz CT molecular complexity index is 554. The number of benzene rings is 1. The lowest BCUT2D eigenvalue weighted by Crippen LogP contribution is -2.56. The van der Waals surface area contributed by atoms with Gasteiger partial charge in [0.25, 0.3) is 0 Å². The summed E-state index contributed by atoms with van der Waals surface area (Å²) in [4.78, 5) is 7.75. The second-order valence-electron chi connectivity index (χ2n) is 6.36. The third kappa shape index (κ3) is 6.09. The molecule has 1 unspecified atom stereocenters. The second kappa shape index (κ2) is 9.66. The molecule has 0 aromatic heterocycles. The lowest BCUT2D eigenvalue weighted by atomic mass is 10.2. The molecular formula is C18H28F3N5. The summed E-state index contributed by atoms with van der Waals surface area (Å²) >= 11 is 0. The average molecular weight is 371 g/mol. The fourth-order valence-corrected chi connectivity index (χ4v) is 2.94. The van der Waals surface area contributed by atoms with Crippen molar-refractivity contribution in [2.75, 3.05) is 51.6 Å². The van der Waals surface area contributed by atoms with Gasteiger partial charge in [0.15, 0.2) is 5.96 Å². The zero-order valence-electron chi connectivity index (χ0n) is 15.4. The van der Waals surface area contributed by atoms with Crippen LogP contribution in [0.1, 0.15) is 13.3 Å². The summed E-state index contributed by atoms with van der Waals surface area (Å²) in [5.41, 5.74) is 1.09. The Balaban J connectivity index is 1.68. The normalized spacial score (nSPS) is 17.9. The second-order valence-corrected chi connectivity index (χ2v) is 6.36. The molecule has 146 valence electrons. The fraction of sp³-hybridized carbons (Fsp3) is 0.611. The number of alkyl halides is 3. The largest absolute Gasteiger partial charge is 0.403 e. The Labute approximate surface area is 153 Å². The molecule has 1 atom stereocenters. The zero-order valence-corrected chi connectivity index (χ0v) is 15.4. The van der Waals surface area contributed by atoms with Crippen molar-refractivity contribution >= 4 is 11.6 Å². The van der Waals surface area contributed by atoms with Crippen molar-refractivity contribution < 1.29 is 13.2 Å². The third-order valence-electron chi connectivity index (χ3n) is 4.59. The van der Waals surface area contributed by atoms with Crippen LogP contribution >= 0.6 is 0 Å². The number of halogens is 3. The SMILES string of the molecule is CN=C(NCCCNc1ccccc1)N1CCN(C(C)C(F)(F)F)CC1. The fourth-order valence-electron chi connectivity index (χ4n) is 2.94. The number of rotatable bonds is 6. The summed E-state index contributed by atoms with van der Waals surface area (Å²) in [5, 5.41) is 6.64. The van der Waals surface area contributed by atoms with Crippen LogP contribution in [0, 0.1) is 0 Å². The van der Waals surface area contributed by atoms with Gasteiger partial charge in [-0.05, 0) is 25.5 Å². The highest BCUT2D eigenvalue weighted by molar-refractivity contribution is 5.80. The van der Waals surface area contributed by atoms with Crippen molar-refractivity contribution in [2.24, 2.45) is 4.99 Å². The molecular weight excluding hydrogens is 343 g/mol. The van der Waals surface area contributed by atoms with Crippen LogP contribution in [0.4, 0.5) is 18.9 Å². The first-order valence-electron chi connectivity index (χ1n) is 8.97. The van der Waals surface area contributed by atoms with Gasteiger partial charge >= 0.3 is 6.18 Å². The van der Waals surface area contributed by atoms with Gasteiger partial charge in [-0.1, -0.05) is 18.2 Å². The Morgan fingerprint density at radius 1 is 1.12 bits per heavy atom. The topological polar surface area (TPSA) is 42.9 Å². The molecule has 0 saturated carbocycles. The van der Waals surface area contributed by atoms with Gasteiger partial charge in [-0.15, -0.1) is 0 Å². The van der Waals surface area contributed by atoms with Gasteiger partial charge in [0.05, 0.1) is 0 Å². The summed E-state index contributed by atoms with van der Waals surface area (Å²) in [5.74, 6) is 0.754. The minimum absolute atomic E-state index is 0.386. The van der Waals surface area contributed by atoms with Gasteiger partial charge in [-0.2, -0.15) is 13.2 Å². The number of nitrogens with zero attached hydrogens (tertiary/aromatic N) is 3. The van der Waals surface area contributed by atoms with E-state index < -0.39 is 12.2 Å². The van der Waals surface area contributed by atoms with Crippen molar-refractivity contribution in [3.8, 4) is 0 Å². The Hall–Kier alpha value is -1.96. The Morgan fingerprint density at radius 2 is 1.77 bits per heavy atom. The molecule has 1 aliphatic rings. The zero-order chi connectivity index (χ0) is 19.0. The van der Waals surface area contributed by atoms with Crippen molar-refractivity contribution in [1.82, 2.24) is 15.1 Å². The number of anilines is 1.